The number of hydrogen-bond acceptors (Lipinski definition) is 8. The zero-order chi connectivity index (χ0) is 23.4. The van der Waals surface area contributed by atoms with E-state index in [1.807, 2.05) is 19.1 Å². The van der Waals surface area contributed by atoms with E-state index in [2.05, 4.69) is 30.6 Å². The Balaban J connectivity index is 1.29. The van der Waals surface area contributed by atoms with E-state index in [0.29, 0.717) is 58.0 Å². The Kier molecular flexibility index (Phi) is 4.51. The van der Waals surface area contributed by atoms with Gasteiger partial charge in [0.2, 0.25) is 11.7 Å². The molecule has 4 aromatic heterocycles. The third kappa shape index (κ3) is 3.51. The van der Waals surface area contributed by atoms with Gasteiger partial charge in [-0.15, -0.1) is 0 Å². The van der Waals surface area contributed by atoms with Gasteiger partial charge in [-0.1, -0.05) is 22.4 Å². The highest BCUT2D eigenvalue weighted by molar-refractivity contribution is 6.04. The number of nitrogens with one attached hydrogen (secondary N) is 1. The number of carbonyl (C=O) groups excluding carboxylic acids is 1. The molecule has 1 aliphatic rings. The second-order valence-electron chi connectivity index (χ2n) is 8.23. The van der Waals surface area contributed by atoms with Crippen LogP contribution in [0.15, 0.2) is 51.8 Å². The van der Waals surface area contributed by atoms with Gasteiger partial charge in [-0.2, -0.15) is 9.97 Å². The number of hydrogen-bond donors (Lipinski definition) is 1. The standard InChI is InChI=1S/C23H18FN7O3/c1-11-3-4-13(20-28-23(34-30-20)15-8-16(15)24)7-17(11)27-21(32)18-9-25-19-6-5-14(10-31(18)19)22-26-12(2)29-33-22/h3-7,9-10,15-16H,8H2,1-2H3,(H,27,32)/t15-,16-/m0/s1. The van der Waals surface area contributed by atoms with E-state index in [1.54, 1.807) is 35.7 Å². The summed E-state index contributed by atoms with van der Waals surface area (Å²) in [6.07, 6.45) is 2.71. The van der Waals surface area contributed by atoms with E-state index in [4.69, 9.17) is 9.05 Å². The highest BCUT2D eigenvalue weighted by Gasteiger charge is 2.43. The van der Waals surface area contributed by atoms with Crippen LogP contribution in [0, 0.1) is 13.8 Å². The van der Waals surface area contributed by atoms with Crippen molar-refractivity contribution in [3.63, 3.8) is 0 Å². The van der Waals surface area contributed by atoms with Crippen LogP contribution in [0.5, 0.6) is 0 Å². The summed E-state index contributed by atoms with van der Waals surface area (Å²) in [6, 6.07) is 9.01. The fourth-order valence-electron chi connectivity index (χ4n) is 3.69. The Bertz CT molecular complexity index is 1550. The molecule has 0 aliphatic heterocycles. The Hall–Kier alpha value is -4.41. The number of fused-ring (bicyclic) bond motifs is 1. The lowest BCUT2D eigenvalue weighted by Gasteiger charge is -2.10. The zero-order valence-electron chi connectivity index (χ0n) is 18.2. The van der Waals surface area contributed by atoms with Crippen LogP contribution in [0.4, 0.5) is 10.1 Å². The number of nitrogens with zero attached hydrogens (tertiary/aromatic N) is 6. The summed E-state index contributed by atoms with van der Waals surface area (Å²) < 4.78 is 25.4. The first-order valence-electron chi connectivity index (χ1n) is 10.6. The van der Waals surface area contributed by atoms with Crippen molar-refractivity contribution in [3.8, 4) is 22.8 Å². The molecule has 1 saturated carbocycles. The van der Waals surface area contributed by atoms with Crippen LogP contribution < -0.4 is 5.32 Å². The molecule has 2 atom stereocenters. The minimum Gasteiger partial charge on any atom is -0.339 e. The molecule has 5 aromatic rings. The number of pyridine rings is 1. The molecule has 0 unspecified atom stereocenters. The van der Waals surface area contributed by atoms with Crippen LogP contribution in [0.3, 0.4) is 0 Å². The van der Waals surface area contributed by atoms with Crippen LogP contribution in [-0.4, -0.2) is 41.7 Å². The van der Waals surface area contributed by atoms with Crippen molar-refractivity contribution in [2.45, 2.75) is 32.4 Å². The maximum Gasteiger partial charge on any atom is 0.274 e. The van der Waals surface area contributed by atoms with Crippen LogP contribution >= 0.6 is 0 Å². The second-order valence-corrected chi connectivity index (χ2v) is 8.23. The molecule has 0 bridgehead atoms. The monoisotopic (exact) mass is 459 g/mol. The SMILES string of the molecule is Cc1noc(-c2ccc3ncc(C(=O)Nc4cc(-c5noc([C@H]6C[C@@H]6F)n5)ccc4C)n3c2)n1. The highest BCUT2D eigenvalue weighted by Crippen LogP contribution is 2.43. The van der Waals surface area contributed by atoms with E-state index < -0.39 is 6.17 Å². The number of benzene rings is 1. The largest absolute Gasteiger partial charge is 0.339 e. The number of aromatic nitrogens is 6. The number of amides is 1. The van der Waals surface area contributed by atoms with Gasteiger partial charge in [0.05, 0.1) is 17.7 Å². The summed E-state index contributed by atoms with van der Waals surface area (Å²) in [5.41, 5.74) is 3.69. The summed E-state index contributed by atoms with van der Waals surface area (Å²) in [4.78, 5) is 26.0. The number of carbonyl (C=O) groups is 1. The molecule has 4 heterocycles. The minimum atomic E-state index is -0.920. The fraction of sp³-hybridized carbons (Fsp3) is 0.217. The number of halogens is 1. The first kappa shape index (κ1) is 20.2. The average Bonchev–Trinajstić information content (AvgIpc) is 3.25. The van der Waals surface area contributed by atoms with Crippen molar-refractivity contribution in [2.24, 2.45) is 0 Å². The molecule has 170 valence electrons. The van der Waals surface area contributed by atoms with Crippen molar-refractivity contribution < 1.29 is 18.2 Å². The molecule has 11 heteroatoms. The molecule has 1 amide bonds. The Morgan fingerprint density at radius 2 is 1.94 bits per heavy atom. The van der Waals surface area contributed by atoms with Gasteiger partial charge in [0.15, 0.2) is 5.82 Å². The van der Waals surface area contributed by atoms with Crippen LogP contribution in [0.25, 0.3) is 28.5 Å². The Morgan fingerprint density at radius 3 is 2.71 bits per heavy atom. The molecule has 0 radical (unpaired) electrons. The first-order chi connectivity index (χ1) is 16.5. The van der Waals surface area contributed by atoms with E-state index >= 15 is 0 Å². The van der Waals surface area contributed by atoms with Gasteiger partial charge in [-0.25, -0.2) is 9.37 Å². The van der Waals surface area contributed by atoms with Crippen molar-refractivity contribution in [2.75, 3.05) is 5.32 Å². The molecule has 1 N–H and O–H groups in total. The summed E-state index contributed by atoms with van der Waals surface area (Å²) in [7, 11) is 0. The molecular formula is C23H18FN7O3. The van der Waals surface area contributed by atoms with E-state index in [9.17, 15) is 9.18 Å². The van der Waals surface area contributed by atoms with Gasteiger partial charge in [0, 0.05) is 17.4 Å². The smallest absolute Gasteiger partial charge is 0.274 e. The number of imidazole rings is 1. The molecule has 0 saturated heterocycles. The maximum atomic E-state index is 13.3. The maximum absolute atomic E-state index is 13.3. The number of rotatable bonds is 5. The number of alkyl halides is 1. The third-order valence-corrected chi connectivity index (χ3v) is 5.73. The predicted molar refractivity (Wildman–Crippen MR) is 118 cm³/mol. The van der Waals surface area contributed by atoms with Crippen molar-refractivity contribution >= 4 is 17.2 Å². The van der Waals surface area contributed by atoms with Gasteiger partial charge >= 0.3 is 0 Å². The minimum absolute atomic E-state index is 0.298. The molecule has 34 heavy (non-hydrogen) atoms. The van der Waals surface area contributed by atoms with E-state index in [1.165, 1.54) is 6.20 Å². The third-order valence-electron chi connectivity index (χ3n) is 5.73. The van der Waals surface area contributed by atoms with E-state index in [0.717, 1.165) is 5.56 Å². The summed E-state index contributed by atoms with van der Waals surface area (Å²) in [6.45, 7) is 3.61. The van der Waals surface area contributed by atoms with Gasteiger partial charge in [0.1, 0.15) is 17.5 Å². The second kappa shape index (κ2) is 7.58. The van der Waals surface area contributed by atoms with Crippen molar-refractivity contribution in [1.82, 2.24) is 29.7 Å². The average molecular weight is 459 g/mol. The van der Waals surface area contributed by atoms with Crippen LogP contribution in [-0.2, 0) is 0 Å². The lowest BCUT2D eigenvalue weighted by Crippen LogP contribution is -2.15. The molecule has 6 rings (SSSR count). The van der Waals surface area contributed by atoms with Gasteiger partial charge in [0.25, 0.3) is 11.8 Å². The van der Waals surface area contributed by atoms with Gasteiger partial charge in [-0.05, 0) is 44.0 Å². The van der Waals surface area contributed by atoms with Crippen molar-refractivity contribution in [1.29, 1.82) is 0 Å². The highest BCUT2D eigenvalue weighted by atomic mass is 19.1. The lowest BCUT2D eigenvalue weighted by molar-refractivity contribution is 0.102. The van der Waals surface area contributed by atoms with Gasteiger partial charge < -0.3 is 14.4 Å². The molecular weight excluding hydrogens is 441 g/mol. The summed E-state index contributed by atoms with van der Waals surface area (Å²) in [5, 5.41) is 10.7. The zero-order valence-corrected chi connectivity index (χ0v) is 18.2. The Labute approximate surface area is 191 Å². The van der Waals surface area contributed by atoms with E-state index in [-0.39, 0.29) is 11.8 Å². The van der Waals surface area contributed by atoms with Crippen LogP contribution in [0.1, 0.15) is 40.1 Å². The quantitative estimate of drug-likeness (QED) is 0.416. The lowest BCUT2D eigenvalue weighted by atomic mass is 10.1. The molecule has 1 aliphatic carbocycles. The number of anilines is 1. The molecule has 10 nitrogen and oxygen atoms in total. The summed E-state index contributed by atoms with van der Waals surface area (Å²) >= 11 is 0. The normalized spacial score (nSPS) is 17.3. The topological polar surface area (TPSA) is 124 Å². The Morgan fingerprint density at radius 1 is 1.12 bits per heavy atom. The predicted octanol–water partition coefficient (Wildman–Crippen LogP) is 4.13. The molecule has 1 fully saturated rings. The number of aryl methyl sites for hydroxylation is 2. The molecule has 0 spiro atoms. The van der Waals surface area contributed by atoms with Gasteiger partial charge in [-0.3, -0.25) is 9.20 Å². The molecule has 1 aromatic carbocycles. The fourth-order valence-corrected chi connectivity index (χ4v) is 3.69. The summed E-state index contributed by atoms with van der Waals surface area (Å²) in [5.74, 6) is 0.850. The van der Waals surface area contributed by atoms with Crippen molar-refractivity contribution in [3.05, 3.63) is 65.7 Å². The van der Waals surface area contributed by atoms with Crippen LogP contribution in [0.2, 0.25) is 0 Å². The first-order valence-corrected chi connectivity index (χ1v) is 10.6.